The summed E-state index contributed by atoms with van der Waals surface area (Å²) in [4.78, 5) is 22.8. The van der Waals surface area contributed by atoms with Gasteiger partial charge < -0.3 is 5.32 Å². The van der Waals surface area contributed by atoms with Crippen molar-refractivity contribution in [2.75, 3.05) is 22.4 Å². The van der Waals surface area contributed by atoms with Crippen molar-refractivity contribution in [1.82, 2.24) is 0 Å². The smallest absolute Gasteiger partial charge is 0.274 e. The van der Waals surface area contributed by atoms with Gasteiger partial charge in [-0.2, -0.15) is 0 Å². The van der Waals surface area contributed by atoms with Crippen LogP contribution in [-0.2, 0) is 14.8 Å². The molecule has 0 aromatic heterocycles. The summed E-state index contributed by atoms with van der Waals surface area (Å²) in [5, 5.41) is 13.7. The van der Waals surface area contributed by atoms with Gasteiger partial charge in [-0.3, -0.25) is 19.2 Å². The normalized spacial score (nSPS) is 11.2. The van der Waals surface area contributed by atoms with Crippen molar-refractivity contribution in [3.05, 3.63) is 63.2 Å². The Balaban J connectivity index is 2.07. The average Bonchev–Trinajstić information content (AvgIpc) is 2.62. The first kappa shape index (κ1) is 22.4. The molecule has 2 rings (SSSR count). The molecule has 2 aromatic rings. The molecule has 0 aliphatic rings. The van der Waals surface area contributed by atoms with Crippen LogP contribution in [0, 0.1) is 30.9 Å². The lowest BCUT2D eigenvalue weighted by atomic mass is 10.1. The summed E-state index contributed by atoms with van der Waals surface area (Å²) in [6.07, 6.45) is 1.53. The van der Waals surface area contributed by atoms with Crippen LogP contribution in [0.15, 0.2) is 36.4 Å². The highest BCUT2D eigenvalue weighted by atomic mass is 32.2. The van der Waals surface area contributed by atoms with Gasteiger partial charge in [0.15, 0.2) is 0 Å². The van der Waals surface area contributed by atoms with E-state index in [1.807, 2.05) is 19.9 Å². The molecule has 29 heavy (non-hydrogen) atoms. The fraction of sp³-hybridized carbons (Fsp3) is 0.350. The minimum Gasteiger partial charge on any atom is -0.326 e. The molecule has 8 nitrogen and oxygen atoms in total. The van der Waals surface area contributed by atoms with Crippen molar-refractivity contribution in [3.8, 4) is 0 Å². The van der Waals surface area contributed by atoms with E-state index in [0.717, 1.165) is 17.4 Å². The van der Waals surface area contributed by atoms with Gasteiger partial charge in [0.05, 0.1) is 28.1 Å². The highest BCUT2D eigenvalue weighted by molar-refractivity contribution is 7.92. The van der Waals surface area contributed by atoms with Crippen LogP contribution in [0.2, 0.25) is 0 Å². The van der Waals surface area contributed by atoms with Crippen molar-refractivity contribution >= 4 is 33.0 Å². The number of carbonyl (C=O) groups excluding carboxylic acids is 1. The number of nitrogens with one attached hydrogen (secondary N) is 1. The SMILES string of the molecule is Cc1cccc(N(CCCC(=O)Nc2cccc([N+](=O)[O-])c2C)S(C)(=O)=O)c1C. The molecule has 2 aromatic carbocycles. The summed E-state index contributed by atoms with van der Waals surface area (Å²) in [6.45, 7) is 5.50. The minimum absolute atomic E-state index is 0.0685. The Hall–Kier alpha value is -2.94. The number of amides is 1. The molecular weight excluding hydrogens is 394 g/mol. The third-order valence-corrected chi connectivity index (χ3v) is 5.97. The van der Waals surface area contributed by atoms with Gasteiger partial charge in [0.1, 0.15) is 0 Å². The number of nitro groups is 1. The van der Waals surface area contributed by atoms with Crippen LogP contribution < -0.4 is 9.62 Å². The van der Waals surface area contributed by atoms with Crippen molar-refractivity contribution in [2.24, 2.45) is 0 Å². The van der Waals surface area contributed by atoms with Gasteiger partial charge in [-0.15, -0.1) is 0 Å². The summed E-state index contributed by atoms with van der Waals surface area (Å²) in [6, 6.07) is 9.93. The van der Waals surface area contributed by atoms with E-state index in [-0.39, 0.29) is 24.6 Å². The molecule has 0 spiro atoms. The number of nitro benzene ring substituents is 1. The third kappa shape index (κ3) is 5.54. The molecule has 0 bridgehead atoms. The van der Waals surface area contributed by atoms with Crippen molar-refractivity contribution in [1.29, 1.82) is 0 Å². The largest absolute Gasteiger partial charge is 0.326 e. The maximum absolute atomic E-state index is 12.3. The Kier molecular flexibility index (Phi) is 6.97. The summed E-state index contributed by atoms with van der Waals surface area (Å²) in [5.74, 6) is -0.331. The molecule has 0 radical (unpaired) electrons. The number of nitrogens with zero attached hydrogens (tertiary/aromatic N) is 2. The van der Waals surface area contributed by atoms with E-state index in [1.54, 1.807) is 25.1 Å². The van der Waals surface area contributed by atoms with E-state index < -0.39 is 14.9 Å². The maximum Gasteiger partial charge on any atom is 0.274 e. The third-order valence-electron chi connectivity index (χ3n) is 4.79. The van der Waals surface area contributed by atoms with Crippen molar-refractivity contribution < 1.29 is 18.1 Å². The second-order valence-electron chi connectivity index (χ2n) is 6.91. The fourth-order valence-electron chi connectivity index (χ4n) is 3.02. The quantitative estimate of drug-likeness (QED) is 0.518. The minimum atomic E-state index is -3.51. The Bertz CT molecular complexity index is 1030. The number of carbonyl (C=O) groups is 1. The Labute approximate surface area is 170 Å². The monoisotopic (exact) mass is 419 g/mol. The standard InChI is InChI=1S/C20H25N3O5S/c1-14-8-5-10-18(15(14)2)22(29(4,27)28)13-7-12-20(24)21-17-9-6-11-19(16(17)3)23(25)26/h5-6,8-11H,7,12-13H2,1-4H3,(H,21,24). The van der Waals surface area contributed by atoms with Crippen molar-refractivity contribution in [2.45, 2.75) is 33.6 Å². The lowest BCUT2D eigenvalue weighted by molar-refractivity contribution is -0.385. The summed E-state index contributed by atoms with van der Waals surface area (Å²) >= 11 is 0. The van der Waals surface area contributed by atoms with E-state index in [9.17, 15) is 23.3 Å². The molecule has 0 unspecified atom stereocenters. The van der Waals surface area contributed by atoms with E-state index in [4.69, 9.17) is 0 Å². The van der Waals surface area contributed by atoms with Gasteiger partial charge in [-0.05, 0) is 50.5 Å². The Morgan fingerprint density at radius 3 is 2.38 bits per heavy atom. The number of hydrogen-bond donors (Lipinski definition) is 1. The molecule has 0 heterocycles. The fourth-order valence-corrected chi connectivity index (χ4v) is 4.04. The predicted octanol–water partition coefficient (Wildman–Crippen LogP) is 3.70. The predicted molar refractivity (Wildman–Crippen MR) is 114 cm³/mol. The zero-order valence-electron chi connectivity index (χ0n) is 16.9. The van der Waals surface area contributed by atoms with Gasteiger partial charge in [-0.1, -0.05) is 18.2 Å². The van der Waals surface area contributed by atoms with Crippen LogP contribution in [0.5, 0.6) is 0 Å². The number of benzene rings is 2. The van der Waals surface area contributed by atoms with E-state index in [2.05, 4.69) is 5.32 Å². The molecule has 1 amide bonds. The molecule has 0 aliphatic heterocycles. The van der Waals surface area contributed by atoms with Crippen LogP contribution >= 0.6 is 0 Å². The second kappa shape index (κ2) is 9.04. The zero-order chi connectivity index (χ0) is 21.8. The number of hydrogen-bond acceptors (Lipinski definition) is 5. The zero-order valence-corrected chi connectivity index (χ0v) is 17.7. The summed E-state index contributed by atoms with van der Waals surface area (Å²) in [5.41, 5.74) is 3.13. The summed E-state index contributed by atoms with van der Waals surface area (Å²) < 4.78 is 25.8. The van der Waals surface area contributed by atoms with Gasteiger partial charge in [0, 0.05) is 19.0 Å². The number of sulfonamides is 1. The highest BCUT2D eigenvalue weighted by Gasteiger charge is 2.20. The first-order valence-corrected chi connectivity index (χ1v) is 10.9. The van der Waals surface area contributed by atoms with Crippen LogP contribution in [0.3, 0.4) is 0 Å². The van der Waals surface area contributed by atoms with Gasteiger partial charge >= 0.3 is 0 Å². The molecule has 0 aliphatic carbocycles. The lowest BCUT2D eigenvalue weighted by Crippen LogP contribution is -2.32. The van der Waals surface area contributed by atoms with Crippen LogP contribution in [0.1, 0.15) is 29.5 Å². The topological polar surface area (TPSA) is 110 Å². The van der Waals surface area contributed by atoms with E-state index >= 15 is 0 Å². The highest BCUT2D eigenvalue weighted by Crippen LogP contribution is 2.26. The van der Waals surface area contributed by atoms with Gasteiger partial charge in [0.25, 0.3) is 5.69 Å². The van der Waals surface area contributed by atoms with E-state index in [1.165, 1.54) is 16.4 Å². The molecule has 9 heteroatoms. The molecule has 0 saturated carbocycles. The number of anilines is 2. The first-order valence-electron chi connectivity index (χ1n) is 9.10. The first-order chi connectivity index (χ1) is 13.5. The van der Waals surface area contributed by atoms with Crippen LogP contribution in [0.4, 0.5) is 17.1 Å². The Morgan fingerprint density at radius 1 is 1.10 bits per heavy atom. The van der Waals surface area contributed by atoms with E-state index in [0.29, 0.717) is 23.4 Å². The average molecular weight is 420 g/mol. The Morgan fingerprint density at radius 2 is 1.76 bits per heavy atom. The summed E-state index contributed by atoms with van der Waals surface area (Å²) in [7, 11) is -3.51. The van der Waals surface area contributed by atoms with Crippen molar-refractivity contribution in [3.63, 3.8) is 0 Å². The molecule has 156 valence electrons. The maximum atomic E-state index is 12.3. The molecule has 0 fully saturated rings. The molecular formula is C20H25N3O5S. The molecule has 1 N–H and O–H groups in total. The number of aryl methyl sites for hydroxylation is 1. The van der Waals surface area contributed by atoms with Crippen LogP contribution in [-0.4, -0.2) is 32.0 Å². The molecule has 0 saturated heterocycles. The second-order valence-corrected chi connectivity index (χ2v) is 8.82. The molecule has 0 atom stereocenters. The van der Waals surface area contributed by atoms with Crippen LogP contribution in [0.25, 0.3) is 0 Å². The van der Waals surface area contributed by atoms with Gasteiger partial charge in [0.2, 0.25) is 15.9 Å². The van der Waals surface area contributed by atoms with Gasteiger partial charge in [-0.25, -0.2) is 8.42 Å². The number of rotatable bonds is 8. The lowest BCUT2D eigenvalue weighted by Gasteiger charge is -2.25.